The first-order valence-corrected chi connectivity index (χ1v) is 9.96. The number of hydrogen-bond donors (Lipinski definition) is 3. The van der Waals surface area contributed by atoms with Crippen LogP contribution in [0.15, 0.2) is 58.1 Å². The van der Waals surface area contributed by atoms with Crippen LogP contribution < -0.4 is 10.2 Å². The minimum Gasteiger partial charge on any atom is -0.508 e. The molecular weight excluding hydrogens is 452 g/mol. The third-order valence-corrected chi connectivity index (χ3v) is 5.33. The first kappa shape index (κ1) is 19.8. The Bertz CT molecular complexity index is 1170. The molecule has 1 aliphatic heterocycles. The van der Waals surface area contributed by atoms with Crippen molar-refractivity contribution in [1.29, 1.82) is 0 Å². The molecule has 1 fully saturated rings. The van der Waals surface area contributed by atoms with Crippen molar-refractivity contribution in [3.05, 3.63) is 58.7 Å². The van der Waals surface area contributed by atoms with Gasteiger partial charge in [-0.2, -0.15) is 0 Å². The standard InChI is InChI=1S/C21H17BrN4O4/c22-13-1-3-14(4-2-13)26-20(29)17(19(28)25-21(26)30)11-23-8-7-12-10-24-18-6-5-15(27)9-16(12)18/h1-6,9-11,17,24,27H,7-8H2,(H,25,28,30)/t17-/m1/s1. The van der Waals surface area contributed by atoms with Gasteiger partial charge in [-0.3, -0.25) is 19.9 Å². The number of halogens is 1. The molecule has 1 saturated heterocycles. The van der Waals surface area contributed by atoms with Crippen LogP contribution in [-0.2, 0) is 16.0 Å². The van der Waals surface area contributed by atoms with Crippen molar-refractivity contribution < 1.29 is 19.5 Å². The number of aromatic amines is 1. The molecule has 2 heterocycles. The van der Waals surface area contributed by atoms with Crippen molar-refractivity contribution in [1.82, 2.24) is 10.3 Å². The second-order valence-electron chi connectivity index (χ2n) is 6.77. The van der Waals surface area contributed by atoms with Gasteiger partial charge in [0.15, 0.2) is 5.92 Å². The van der Waals surface area contributed by atoms with Crippen LogP contribution in [-0.4, -0.2) is 40.7 Å². The van der Waals surface area contributed by atoms with Gasteiger partial charge in [-0.05, 0) is 54.4 Å². The van der Waals surface area contributed by atoms with Gasteiger partial charge >= 0.3 is 6.03 Å². The van der Waals surface area contributed by atoms with Crippen LogP contribution >= 0.6 is 15.9 Å². The number of anilines is 1. The molecule has 3 N–H and O–H groups in total. The summed E-state index contributed by atoms with van der Waals surface area (Å²) in [5.74, 6) is -2.35. The van der Waals surface area contributed by atoms with Crippen LogP contribution in [0.3, 0.4) is 0 Å². The molecule has 9 heteroatoms. The summed E-state index contributed by atoms with van der Waals surface area (Å²) < 4.78 is 0.802. The molecule has 0 aliphatic carbocycles. The number of H-pyrrole nitrogens is 1. The summed E-state index contributed by atoms with van der Waals surface area (Å²) in [6.45, 7) is 0.339. The molecule has 1 aliphatic rings. The molecule has 0 radical (unpaired) electrons. The van der Waals surface area contributed by atoms with Gasteiger partial charge in [-0.15, -0.1) is 0 Å². The van der Waals surface area contributed by atoms with Crippen molar-refractivity contribution in [2.75, 3.05) is 11.4 Å². The van der Waals surface area contributed by atoms with Gasteiger partial charge in [0.2, 0.25) is 5.91 Å². The number of phenolic OH excluding ortho intramolecular Hbond substituents is 1. The number of aliphatic imine (C=N–C) groups is 1. The molecule has 0 bridgehead atoms. The van der Waals surface area contributed by atoms with Crippen molar-refractivity contribution in [2.24, 2.45) is 10.9 Å². The van der Waals surface area contributed by atoms with E-state index in [1.54, 1.807) is 42.5 Å². The minimum absolute atomic E-state index is 0.175. The fraction of sp³-hybridized carbons (Fsp3) is 0.143. The highest BCUT2D eigenvalue weighted by molar-refractivity contribution is 9.10. The van der Waals surface area contributed by atoms with Crippen molar-refractivity contribution in [2.45, 2.75) is 6.42 Å². The summed E-state index contributed by atoms with van der Waals surface area (Å²) >= 11 is 3.30. The first-order chi connectivity index (χ1) is 14.4. The Morgan fingerprint density at radius 3 is 2.67 bits per heavy atom. The van der Waals surface area contributed by atoms with Gasteiger partial charge in [0.1, 0.15) is 5.75 Å². The second kappa shape index (κ2) is 8.11. The number of carbonyl (C=O) groups is 3. The van der Waals surface area contributed by atoms with E-state index in [1.807, 2.05) is 6.20 Å². The number of benzene rings is 2. The maximum absolute atomic E-state index is 12.8. The Morgan fingerprint density at radius 1 is 1.13 bits per heavy atom. The van der Waals surface area contributed by atoms with E-state index in [0.29, 0.717) is 18.7 Å². The number of carbonyl (C=O) groups excluding carboxylic acids is 3. The molecular formula is C21H17BrN4O4. The molecule has 152 valence electrons. The van der Waals surface area contributed by atoms with E-state index in [0.717, 1.165) is 25.8 Å². The molecule has 0 unspecified atom stereocenters. The van der Waals surface area contributed by atoms with Crippen LogP contribution in [0.25, 0.3) is 10.9 Å². The lowest BCUT2D eigenvalue weighted by atomic mass is 10.1. The average molecular weight is 469 g/mol. The van der Waals surface area contributed by atoms with Gasteiger partial charge < -0.3 is 10.1 Å². The average Bonchev–Trinajstić information content (AvgIpc) is 3.10. The van der Waals surface area contributed by atoms with Crippen LogP contribution in [0, 0.1) is 5.92 Å². The molecule has 4 rings (SSSR count). The monoisotopic (exact) mass is 468 g/mol. The number of imide groups is 2. The molecule has 30 heavy (non-hydrogen) atoms. The number of barbiturate groups is 1. The lowest BCUT2D eigenvalue weighted by molar-refractivity contribution is -0.131. The van der Waals surface area contributed by atoms with Crippen LogP contribution in [0.2, 0.25) is 0 Å². The fourth-order valence-corrected chi connectivity index (χ4v) is 3.56. The predicted molar refractivity (Wildman–Crippen MR) is 116 cm³/mol. The Morgan fingerprint density at radius 2 is 1.90 bits per heavy atom. The van der Waals surface area contributed by atoms with Crippen molar-refractivity contribution in [3.63, 3.8) is 0 Å². The summed E-state index contributed by atoms with van der Waals surface area (Å²) in [5, 5.41) is 12.8. The molecule has 0 spiro atoms. The summed E-state index contributed by atoms with van der Waals surface area (Å²) in [7, 11) is 0. The Labute approximate surface area is 179 Å². The van der Waals surface area contributed by atoms with Gasteiger partial charge in [-0.1, -0.05) is 15.9 Å². The van der Waals surface area contributed by atoms with Gasteiger partial charge in [0.25, 0.3) is 5.91 Å². The maximum Gasteiger partial charge on any atom is 0.335 e. The zero-order valence-corrected chi connectivity index (χ0v) is 17.2. The fourth-order valence-electron chi connectivity index (χ4n) is 3.29. The number of fused-ring (bicyclic) bond motifs is 1. The van der Waals surface area contributed by atoms with E-state index in [1.165, 1.54) is 6.21 Å². The second-order valence-corrected chi connectivity index (χ2v) is 7.69. The number of phenols is 1. The number of nitrogens with zero attached hydrogens (tertiary/aromatic N) is 2. The largest absolute Gasteiger partial charge is 0.508 e. The van der Waals surface area contributed by atoms with E-state index in [-0.39, 0.29) is 5.75 Å². The minimum atomic E-state index is -1.18. The van der Waals surface area contributed by atoms with Gasteiger partial charge in [-0.25, -0.2) is 9.69 Å². The normalized spacial score (nSPS) is 17.2. The van der Waals surface area contributed by atoms with Crippen LogP contribution in [0.5, 0.6) is 5.75 Å². The summed E-state index contributed by atoms with van der Waals surface area (Å²) in [4.78, 5) is 45.4. The molecule has 4 amide bonds. The SMILES string of the molecule is O=C1NC(=O)N(c2ccc(Br)cc2)C(=O)[C@@H]1C=NCCc1c[nH]c2ccc(O)cc12. The first-order valence-electron chi connectivity index (χ1n) is 9.17. The smallest absolute Gasteiger partial charge is 0.335 e. The number of urea groups is 1. The van der Waals surface area contributed by atoms with E-state index >= 15 is 0 Å². The zero-order chi connectivity index (χ0) is 21.3. The topological polar surface area (TPSA) is 115 Å². The number of aromatic hydroxyl groups is 1. The van der Waals surface area contributed by atoms with Crippen molar-refractivity contribution in [3.8, 4) is 5.75 Å². The number of aromatic nitrogens is 1. The lowest BCUT2D eigenvalue weighted by Gasteiger charge is -2.28. The molecule has 2 aromatic carbocycles. The van der Waals surface area contributed by atoms with E-state index in [4.69, 9.17) is 0 Å². The lowest BCUT2D eigenvalue weighted by Crippen LogP contribution is -2.58. The van der Waals surface area contributed by atoms with E-state index in [2.05, 4.69) is 31.2 Å². The Hall–Kier alpha value is -3.46. The highest BCUT2D eigenvalue weighted by Gasteiger charge is 2.40. The maximum atomic E-state index is 12.8. The highest BCUT2D eigenvalue weighted by atomic mass is 79.9. The molecule has 1 atom stereocenters. The quantitative estimate of drug-likeness (QED) is 0.394. The molecule has 1 aromatic heterocycles. The van der Waals surface area contributed by atoms with Crippen LogP contribution in [0.1, 0.15) is 5.56 Å². The number of rotatable bonds is 5. The Kier molecular flexibility index (Phi) is 5.37. The van der Waals surface area contributed by atoms with E-state index in [9.17, 15) is 19.5 Å². The zero-order valence-electron chi connectivity index (χ0n) is 15.6. The predicted octanol–water partition coefficient (Wildman–Crippen LogP) is 3.15. The van der Waals surface area contributed by atoms with Crippen molar-refractivity contribution >= 4 is 56.6 Å². The summed E-state index contributed by atoms with van der Waals surface area (Å²) in [6, 6.07) is 10.9. The Balaban J connectivity index is 1.47. The molecule has 8 nitrogen and oxygen atoms in total. The highest BCUT2D eigenvalue weighted by Crippen LogP contribution is 2.24. The summed E-state index contributed by atoms with van der Waals surface area (Å²) in [5.41, 5.74) is 2.23. The number of hydrogen-bond acceptors (Lipinski definition) is 5. The third-order valence-electron chi connectivity index (χ3n) is 4.80. The molecule has 3 aromatic rings. The summed E-state index contributed by atoms with van der Waals surface area (Å²) in [6.07, 6.45) is 3.67. The number of amides is 4. The van der Waals surface area contributed by atoms with Gasteiger partial charge in [0.05, 0.1) is 5.69 Å². The van der Waals surface area contributed by atoms with Gasteiger partial charge in [0, 0.05) is 34.3 Å². The molecule has 0 saturated carbocycles. The third kappa shape index (κ3) is 3.84. The van der Waals surface area contributed by atoms with E-state index < -0.39 is 23.8 Å². The number of nitrogens with one attached hydrogen (secondary N) is 2. The van der Waals surface area contributed by atoms with Crippen LogP contribution in [0.4, 0.5) is 10.5 Å².